The van der Waals surface area contributed by atoms with Crippen molar-refractivity contribution < 1.29 is 5.11 Å². The summed E-state index contributed by atoms with van der Waals surface area (Å²) in [5.41, 5.74) is 0.0735. The minimum absolute atomic E-state index is 0.0735. The van der Waals surface area contributed by atoms with Gasteiger partial charge in [-0.1, -0.05) is 32.4 Å². The molecule has 0 saturated carbocycles. The van der Waals surface area contributed by atoms with Crippen molar-refractivity contribution in [2.75, 3.05) is 11.9 Å². The van der Waals surface area contributed by atoms with Gasteiger partial charge in [0.2, 0.25) is 0 Å². The number of hydrogen-bond donors (Lipinski definition) is 2. The number of aliphatic hydroxyl groups excluding tert-OH is 1. The normalized spacial score (nSPS) is 13.6. The topological polar surface area (TPSA) is 45.1 Å². The van der Waals surface area contributed by atoms with E-state index in [9.17, 15) is 0 Å². The highest BCUT2D eigenvalue weighted by Gasteiger charge is 2.24. The summed E-state index contributed by atoms with van der Waals surface area (Å²) >= 11 is 5.77. The van der Waals surface area contributed by atoms with Crippen LogP contribution >= 0.6 is 11.6 Å². The van der Waals surface area contributed by atoms with Crippen LogP contribution in [0, 0.1) is 5.41 Å². The molecule has 1 aromatic rings. The van der Waals surface area contributed by atoms with Gasteiger partial charge < -0.3 is 10.4 Å². The summed E-state index contributed by atoms with van der Waals surface area (Å²) in [5, 5.41) is 13.0. The molecule has 1 aromatic heterocycles. The molecule has 1 heterocycles. The van der Waals surface area contributed by atoms with E-state index in [1.54, 1.807) is 12.3 Å². The minimum atomic E-state index is 0.0735. The Hall–Kier alpha value is -0.800. The lowest BCUT2D eigenvalue weighted by molar-refractivity contribution is 0.235. The Morgan fingerprint density at radius 1 is 1.44 bits per heavy atom. The van der Waals surface area contributed by atoms with Crippen LogP contribution in [0.4, 0.5) is 5.82 Å². The van der Waals surface area contributed by atoms with Gasteiger partial charge in [0.25, 0.3) is 0 Å². The molecule has 0 saturated heterocycles. The van der Waals surface area contributed by atoms with E-state index < -0.39 is 0 Å². The van der Waals surface area contributed by atoms with Crippen LogP contribution < -0.4 is 5.32 Å². The largest absolute Gasteiger partial charge is 0.396 e. The standard InChI is InChI=1S/C12H19ClN2O/c1-12(2,3)10(6-7-16)15-11-5-4-9(13)8-14-11/h4-5,8,10,16H,6-7H2,1-3H3,(H,14,15). The predicted molar refractivity (Wildman–Crippen MR) is 67.8 cm³/mol. The third-order valence-electron chi connectivity index (χ3n) is 2.51. The van der Waals surface area contributed by atoms with E-state index in [0.717, 1.165) is 5.82 Å². The molecule has 0 amide bonds. The van der Waals surface area contributed by atoms with Gasteiger partial charge in [-0.3, -0.25) is 0 Å². The lowest BCUT2D eigenvalue weighted by atomic mass is 9.85. The van der Waals surface area contributed by atoms with Crippen molar-refractivity contribution in [2.24, 2.45) is 5.41 Å². The summed E-state index contributed by atoms with van der Waals surface area (Å²) in [7, 11) is 0. The number of hydrogen-bond acceptors (Lipinski definition) is 3. The van der Waals surface area contributed by atoms with E-state index in [0.29, 0.717) is 11.4 Å². The SMILES string of the molecule is CC(C)(C)C(CCO)Nc1ccc(Cl)cn1. The molecule has 1 rings (SSSR count). The molecule has 0 bridgehead atoms. The van der Waals surface area contributed by atoms with E-state index in [-0.39, 0.29) is 18.1 Å². The molecule has 16 heavy (non-hydrogen) atoms. The zero-order valence-electron chi connectivity index (χ0n) is 10.00. The fourth-order valence-electron chi connectivity index (χ4n) is 1.49. The first-order valence-electron chi connectivity index (χ1n) is 5.42. The van der Waals surface area contributed by atoms with Gasteiger partial charge in [0.1, 0.15) is 5.82 Å². The van der Waals surface area contributed by atoms with E-state index in [1.165, 1.54) is 0 Å². The molecule has 0 spiro atoms. The molecule has 1 unspecified atom stereocenters. The van der Waals surface area contributed by atoms with Crippen LogP contribution in [0.2, 0.25) is 5.02 Å². The third-order valence-corrected chi connectivity index (χ3v) is 2.74. The number of halogens is 1. The molecular weight excluding hydrogens is 224 g/mol. The van der Waals surface area contributed by atoms with Crippen LogP contribution in [0.25, 0.3) is 0 Å². The van der Waals surface area contributed by atoms with Crippen molar-refractivity contribution in [2.45, 2.75) is 33.2 Å². The highest BCUT2D eigenvalue weighted by Crippen LogP contribution is 2.25. The summed E-state index contributed by atoms with van der Waals surface area (Å²) in [6, 6.07) is 3.83. The van der Waals surface area contributed by atoms with Gasteiger partial charge in [0.15, 0.2) is 0 Å². The van der Waals surface area contributed by atoms with E-state index in [2.05, 4.69) is 31.1 Å². The Balaban J connectivity index is 2.72. The summed E-state index contributed by atoms with van der Waals surface area (Å²) in [5.74, 6) is 0.790. The monoisotopic (exact) mass is 242 g/mol. The number of nitrogens with one attached hydrogen (secondary N) is 1. The van der Waals surface area contributed by atoms with Crippen molar-refractivity contribution in [3.05, 3.63) is 23.4 Å². The van der Waals surface area contributed by atoms with Gasteiger partial charge in [0, 0.05) is 18.8 Å². The molecule has 4 heteroatoms. The molecule has 0 aromatic carbocycles. The number of pyridine rings is 1. The average Bonchev–Trinajstić information content (AvgIpc) is 2.19. The lowest BCUT2D eigenvalue weighted by Gasteiger charge is -2.31. The first kappa shape index (κ1) is 13.3. The van der Waals surface area contributed by atoms with Gasteiger partial charge in [-0.05, 0) is 24.0 Å². The molecule has 1 atom stereocenters. The van der Waals surface area contributed by atoms with Crippen LogP contribution in [-0.4, -0.2) is 22.7 Å². The number of rotatable bonds is 4. The first-order chi connectivity index (χ1) is 7.43. The second-order valence-corrected chi connectivity index (χ2v) is 5.37. The highest BCUT2D eigenvalue weighted by molar-refractivity contribution is 6.30. The van der Waals surface area contributed by atoms with Crippen LogP contribution in [0.5, 0.6) is 0 Å². The van der Waals surface area contributed by atoms with Gasteiger partial charge in [-0.2, -0.15) is 0 Å². The van der Waals surface area contributed by atoms with Gasteiger partial charge >= 0.3 is 0 Å². The number of anilines is 1. The summed E-state index contributed by atoms with van der Waals surface area (Å²) in [4.78, 5) is 4.19. The maximum absolute atomic E-state index is 9.04. The Labute approximate surface area is 102 Å². The van der Waals surface area contributed by atoms with Gasteiger partial charge in [-0.25, -0.2) is 4.98 Å². The highest BCUT2D eigenvalue weighted by atomic mass is 35.5. The van der Waals surface area contributed by atoms with Crippen molar-refractivity contribution in [1.29, 1.82) is 0 Å². The van der Waals surface area contributed by atoms with Crippen molar-refractivity contribution in [1.82, 2.24) is 4.98 Å². The Kier molecular flexibility index (Phi) is 4.56. The lowest BCUT2D eigenvalue weighted by Crippen LogP contribution is -2.35. The smallest absolute Gasteiger partial charge is 0.126 e. The van der Waals surface area contributed by atoms with E-state index in [4.69, 9.17) is 16.7 Å². The Bertz CT molecular complexity index is 319. The molecule has 2 N–H and O–H groups in total. The summed E-state index contributed by atoms with van der Waals surface area (Å²) < 4.78 is 0. The molecule has 3 nitrogen and oxygen atoms in total. The zero-order valence-corrected chi connectivity index (χ0v) is 10.8. The van der Waals surface area contributed by atoms with Crippen molar-refractivity contribution >= 4 is 17.4 Å². The average molecular weight is 243 g/mol. The zero-order chi connectivity index (χ0) is 12.2. The number of aliphatic hydroxyl groups is 1. The first-order valence-corrected chi connectivity index (χ1v) is 5.80. The molecule has 0 fully saturated rings. The number of nitrogens with zero attached hydrogens (tertiary/aromatic N) is 1. The fourth-order valence-corrected chi connectivity index (χ4v) is 1.60. The van der Waals surface area contributed by atoms with Crippen LogP contribution in [-0.2, 0) is 0 Å². The minimum Gasteiger partial charge on any atom is -0.396 e. The van der Waals surface area contributed by atoms with E-state index >= 15 is 0 Å². The van der Waals surface area contributed by atoms with Gasteiger partial charge in [0.05, 0.1) is 5.02 Å². The van der Waals surface area contributed by atoms with Crippen molar-refractivity contribution in [3.63, 3.8) is 0 Å². The third kappa shape index (κ3) is 3.99. The maximum Gasteiger partial charge on any atom is 0.126 e. The second kappa shape index (κ2) is 5.51. The molecular formula is C12H19ClN2O. The molecule has 0 aliphatic rings. The van der Waals surface area contributed by atoms with Gasteiger partial charge in [-0.15, -0.1) is 0 Å². The Morgan fingerprint density at radius 3 is 2.56 bits per heavy atom. The summed E-state index contributed by atoms with van der Waals surface area (Å²) in [6.07, 6.45) is 2.32. The summed E-state index contributed by atoms with van der Waals surface area (Å²) in [6.45, 7) is 6.57. The van der Waals surface area contributed by atoms with Crippen molar-refractivity contribution in [3.8, 4) is 0 Å². The Morgan fingerprint density at radius 2 is 2.12 bits per heavy atom. The van der Waals surface area contributed by atoms with Crippen LogP contribution in [0.1, 0.15) is 27.2 Å². The van der Waals surface area contributed by atoms with Crippen LogP contribution in [0.15, 0.2) is 18.3 Å². The second-order valence-electron chi connectivity index (χ2n) is 4.94. The van der Waals surface area contributed by atoms with E-state index in [1.807, 2.05) is 6.07 Å². The maximum atomic E-state index is 9.04. The predicted octanol–water partition coefficient (Wildman–Crippen LogP) is 2.94. The molecule has 0 radical (unpaired) electrons. The fraction of sp³-hybridized carbons (Fsp3) is 0.583. The van der Waals surface area contributed by atoms with Crippen LogP contribution in [0.3, 0.4) is 0 Å². The molecule has 0 aliphatic carbocycles. The molecule has 0 aliphatic heterocycles. The molecule has 90 valence electrons. The number of aromatic nitrogens is 1. The quantitative estimate of drug-likeness (QED) is 0.853.